The van der Waals surface area contributed by atoms with Crippen LogP contribution in [0.25, 0.3) is 10.9 Å². The minimum Gasteiger partial charge on any atom is -0.450 e. The zero-order valence-electron chi connectivity index (χ0n) is 17.0. The maximum Gasteiger partial charge on any atom is 0.407 e. The van der Waals surface area contributed by atoms with E-state index in [4.69, 9.17) is 4.74 Å². The van der Waals surface area contributed by atoms with Crippen LogP contribution in [0.2, 0.25) is 0 Å². The number of ether oxygens (including phenoxy) is 1. The Bertz CT molecular complexity index is 825. The fourth-order valence-electron chi connectivity index (χ4n) is 3.55. The number of amides is 1. The highest BCUT2D eigenvalue weighted by molar-refractivity contribution is 5.86. The summed E-state index contributed by atoms with van der Waals surface area (Å²) in [7, 11) is 1.76. The standard InChI is InChI=1S/C21H31N5O2/c1-4-28-21(27)26-18(15-8-9-15)13-25-20(22-3)23-11-10-16-12-24-17-7-5-6-14(2)19(16)17/h5-7,12,15,18,24H,4,8-11,13H2,1-3H3,(H,26,27)(H2,22,23,25). The van der Waals surface area contributed by atoms with E-state index >= 15 is 0 Å². The van der Waals surface area contributed by atoms with E-state index in [1.54, 1.807) is 7.05 Å². The van der Waals surface area contributed by atoms with Gasteiger partial charge in [-0.05, 0) is 56.2 Å². The predicted octanol–water partition coefficient (Wildman–Crippen LogP) is 2.71. The topological polar surface area (TPSA) is 90.5 Å². The minimum absolute atomic E-state index is 0.0638. The van der Waals surface area contributed by atoms with E-state index < -0.39 is 0 Å². The number of carbonyl (C=O) groups is 1. The Morgan fingerprint density at radius 3 is 2.89 bits per heavy atom. The van der Waals surface area contributed by atoms with Gasteiger partial charge in [0.2, 0.25) is 0 Å². The molecule has 1 atom stereocenters. The van der Waals surface area contributed by atoms with Gasteiger partial charge < -0.3 is 25.7 Å². The number of guanidine groups is 1. The van der Waals surface area contributed by atoms with Gasteiger partial charge in [0.25, 0.3) is 0 Å². The van der Waals surface area contributed by atoms with Crippen LogP contribution in [0.5, 0.6) is 0 Å². The van der Waals surface area contributed by atoms with Crippen molar-refractivity contribution in [2.24, 2.45) is 10.9 Å². The number of fused-ring (bicyclic) bond motifs is 1. The number of alkyl carbamates (subject to hydrolysis) is 1. The summed E-state index contributed by atoms with van der Waals surface area (Å²) >= 11 is 0. The van der Waals surface area contributed by atoms with Crippen molar-refractivity contribution in [2.45, 2.75) is 39.2 Å². The lowest BCUT2D eigenvalue weighted by molar-refractivity contribution is 0.146. The minimum atomic E-state index is -0.348. The lowest BCUT2D eigenvalue weighted by Gasteiger charge is -2.20. The van der Waals surface area contributed by atoms with Crippen LogP contribution in [0.15, 0.2) is 29.4 Å². The fraction of sp³-hybridized carbons (Fsp3) is 0.524. The van der Waals surface area contributed by atoms with E-state index in [0.717, 1.165) is 31.8 Å². The lowest BCUT2D eigenvalue weighted by Crippen LogP contribution is -2.48. The molecule has 1 fully saturated rings. The molecule has 0 aliphatic heterocycles. The van der Waals surface area contributed by atoms with Gasteiger partial charge in [0, 0.05) is 37.2 Å². The maximum atomic E-state index is 11.7. The predicted molar refractivity (Wildman–Crippen MR) is 113 cm³/mol. The summed E-state index contributed by atoms with van der Waals surface area (Å²) in [6.45, 7) is 5.75. The van der Waals surface area contributed by atoms with Gasteiger partial charge in [-0.15, -0.1) is 0 Å². The molecule has 28 heavy (non-hydrogen) atoms. The number of rotatable bonds is 8. The van der Waals surface area contributed by atoms with Crippen molar-refractivity contribution in [3.63, 3.8) is 0 Å². The molecule has 0 saturated heterocycles. The van der Waals surface area contributed by atoms with Crippen LogP contribution in [-0.4, -0.2) is 49.8 Å². The zero-order valence-corrected chi connectivity index (χ0v) is 17.0. The van der Waals surface area contributed by atoms with Gasteiger partial charge >= 0.3 is 6.09 Å². The molecule has 1 amide bonds. The molecule has 1 unspecified atom stereocenters. The molecule has 1 aliphatic rings. The Labute approximate surface area is 166 Å². The summed E-state index contributed by atoms with van der Waals surface area (Å²) in [6.07, 6.45) is 4.93. The van der Waals surface area contributed by atoms with Crippen LogP contribution in [0.3, 0.4) is 0 Å². The smallest absolute Gasteiger partial charge is 0.407 e. The second-order valence-electron chi connectivity index (χ2n) is 7.25. The van der Waals surface area contributed by atoms with Gasteiger partial charge in [0.1, 0.15) is 0 Å². The van der Waals surface area contributed by atoms with Crippen LogP contribution in [0, 0.1) is 12.8 Å². The van der Waals surface area contributed by atoms with Crippen molar-refractivity contribution in [1.82, 2.24) is 20.9 Å². The van der Waals surface area contributed by atoms with Crippen LogP contribution in [0.4, 0.5) is 4.79 Å². The monoisotopic (exact) mass is 385 g/mol. The Hall–Kier alpha value is -2.70. The number of aryl methyl sites for hydroxylation is 1. The third kappa shape index (κ3) is 5.18. The van der Waals surface area contributed by atoms with Crippen molar-refractivity contribution in [2.75, 3.05) is 26.7 Å². The van der Waals surface area contributed by atoms with E-state index in [2.05, 4.69) is 57.2 Å². The molecule has 2 aromatic rings. The number of nitrogens with one attached hydrogen (secondary N) is 4. The summed E-state index contributed by atoms with van der Waals surface area (Å²) < 4.78 is 5.01. The van der Waals surface area contributed by atoms with Crippen molar-refractivity contribution in [3.8, 4) is 0 Å². The number of H-pyrrole nitrogens is 1. The van der Waals surface area contributed by atoms with Gasteiger partial charge in [0.05, 0.1) is 12.6 Å². The summed E-state index contributed by atoms with van der Waals surface area (Å²) in [6, 6.07) is 6.38. The summed E-state index contributed by atoms with van der Waals surface area (Å²) in [5, 5.41) is 11.0. The molecule has 1 heterocycles. The second-order valence-corrected chi connectivity index (χ2v) is 7.25. The number of hydrogen-bond donors (Lipinski definition) is 4. The molecule has 0 spiro atoms. The van der Waals surface area contributed by atoms with Crippen LogP contribution >= 0.6 is 0 Å². The average Bonchev–Trinajstić information content (AvgIpc) is 3.44. The van der Waals surface area contributed by atoms with Crippen molar-refractivity contribution < 1.29 is 9.53 Å². The van der Waals surface area contributed by atoms with Crippen LogP contribution in [-0.2, 0) is 11.2 Å². The average molecular weight is 386 g/mol. The molecule has 1 aromatic heterocycles. The number of aliphatic imine (C=N–C) groups is 1. The van der Waals surface area contributed by atoms with Gasteiger partial charge in [-0.2, -0.15) is 0 Å². The normalized spacial score (nSPS) is 15.3. The van der Waals surface area contributed by atoms with E-state index in [0.29, 0.717) is 19.1 Å². The zero-order chi connectivity index (χ0) is 19.9. The number of nitrogens with zero attached hydrogens (tertiary/aromatic N) is 1. The van der Waals surface area contributed by atoms with Crippen molar-refractivity contribution in [3.05, 3.63) is 35.5 Å². The summed E-state index contributed by atoms with van der Waals surface area (Å²) in [5.74, 6) is 1.26. The first kappa shape index (κ1) is 20.0. The first-order valence-electron chi connectivity index (χ1n) is 10.1. The van der Waals surface area contributed by atoms with E-state index in [1.807, 2.05) is 6.92 Å². The molecule has 1 aliphatic carbocycles. The molecule has 0 bridgehead atoms. The quantitative estimate of drug-likeness (QED) is 0.415. The SMILES string of the molecule is CCOC(=O)NC(CNC(=NC)NCCc1c[nH]c2cccc(C)c12)C1CC1. The first-order valence-corrected chi connectivity index (χ1v) is 10.1. The molecule has 1 aromatic carbocycles. The maximum absolute atomic E-state index is 11.7. The molecule has 1 saturated carbocycles. The number of carbonyl (C=O) groups excluding carboxylic acids is 1. The highest BCUT2D eigenvalue weighted by Crippen LogP contribution is 2.32. The molecule has 7 heteroatoms. The molecule has 152 valence electrons. The number of aromatic amines is 1. The van der Waals surface area contributed by atoms with E-state index in [1.165, 1.54) is 22.0 Å². The Morgan fingerprint density at radius 1 is 1.36 bits per heavy atom. The van der Waals surface area contributed by atoms with Gasteiger partial charge in [0.15, 0.2) is 5.96 Å². The molecule has 7 nitrogen and oxygen atoms in total. The summed E-state index contributed by atoms with van der Waals surface area (Å²) in [4.78, 5) is 19.4. The fourth-order valence-corrected chi connectivity index (χ4v) is 3.55. The van der Waals surface area contributed by atoms with Crippen LogP contribution < -0.4 is 16.0 Å². The van der Waals surface area contributed by atoms with Gasteiger partial charge in [-0.3, -0.25) is 4.99 Å². The molecule has 4 N–H and O–H groups in total. The highest BCUT2D eigenvalue weighted by Gasteiger charge is 2.32. The molecule has 3 rings (SSSR count). The largest absolute Gasteiger partial charge is 0.450 e. The van der Waals surface area contributed by atoms with Crippen LogP contribution in [0.1, 0.15) is 30.9 Å². The Morgan fingerprint density at radius 2 is 2.18 bits per heavy atom. The first-order chi connectivity index (χ1) is 13.6. The third-order valence-electron chi connectivity index (χ3n) is 5.17. The number of aromatic nitrogens is 1. The highest BCUT2D eigenvalue weighted by atomic mass is 16.5. The third-order valence-corrected chi connectivity index (χ3v) is 5.17. The number of benzene rings is 1. The summed E-state index contributed by atoms with van der Waals surface area (Å²) in [5.41, 5.74) is 3.76. The van der Waals surface area contributed by atoms with Gasteiger partial charge in [-0.1, -0.05) is 12.1 Å². The van der Waals surface area contributed by atoms with Gasteiger partial charge in [-0.25, -0.2) is 4.79 Å². The van der Waals surface area contributed by atoms with Crippen molar-refractivity contribution in [1.29, 1.82) is 0 Å². The van der Waals surface area contributed by atoms with E-state index in [9.17, 15) is 4.79 Å². The molecular weight excluding hydrogens is 354 g/mol. The molecular formula is C21H31N5O2. The Balaban J connectivity index is 1.48. The second kappa shape index (κ2) is 9.48. The number of hydrogen-bond acceptors (Lipinski definition) is 3. The lowest BCUT2D eigenvalue weighted by atomic mass is 10.1. The molecule has 0 radical (unpaired) electrons. The van der Waals surface area contributed by atoms with E-state index in [-0.39, 0.29) is 12.1 Å². The van der Waals surface area contributed by atoms with Crippen molar-refractivity contribution >= 4 is 23.0 Å². The Kier molecular flexibility index (Phi) is 6.79.